The van der Waals surface area contributed by atoms with E-state index < -0.39 is 0 Å². The van der Waals surface area contributed by atoms with Crippen LogP contribution in [-0.4, -0.2) is 13.1 Å². The molecule has 0 saturated carbocycles. The van der Waals surface area contributed by atoms with E-state index in [1.165, 1.54) is 24.8 Å². The second kappa shape index (κ2) is 7.50. The molecule has 0 spiro atoms. The Labute approximate surface area is 107 Å². The first-order valence-corrected chi connectivity index (χ1v) is 6.86. The SMILES string of the molecule is CNC(C)C(CCCc1ccccc1)C(C)C. The summed E-state index contributed by atoms with van der Waals surface area (Å²) in [5, 5.41) is 3.40. The van der Waals surface area contributed by atoms with Crippen molar-refractivity contribution in [1.29, 1.82) is 0 Å². The van der Waals surface area contributed by atoms with Crippen molar-refractivity contribution in [1.82, 2.24) is 5.32 Å². The Morgan fingerprint density at radius 2 is 1.71 bits per heavy atom. The molecule has 1 aromatic carbocycles. The van der Waals surface area contributed by atoms with Gasteiger partial charge in [0.25, 0.3) is 0 Å². The van der Waals surface area contributed by atoms with Gasteiger partial charge in [0, 0.05) is 6.04 Å². The summed E-state index contributed by atoms with van der Waals surface area (Å²) in [4.78, 5) is 0. The summed E-state index contributed by atoms with van der Waals surface area (Å²) in [6, 6.07) is 11.4. The van der Waals surface area contributed by atoms with Crippen molar-refractivity contribution in [3.05, 3.63) is 35.9 Å². The smallest absolute Gasteiger partial charge is 0.00664 e. The van der Waals surface area contributed by atoms with Crippen LogP contribution in [0.3, 0.4) is 0 Å². The van der Waals surface area contributed by atoms with Crippen LogP contribution >= 0.6 is 0 Å². The quantitative estimate of drug-likeness (QED) is 0.753. The van der Waals surface area contributed by atoms with Crippen LogP contribution in [0.5, 0.6) is 0 Å². The fraction of sp³-hybridized carbons (Fsp3) is 0.625. The molecule has 2 atom stereocenters. The Morgan fingerprint density at radius 1 is 1.06 bits per heavy atom. The summed E-state index contributed by atoms with van der Waals surface area (Å²) in [6.45, 7) is 6.97. The number of hydrogen-bond donors (Lipinski definition) is 1. The molecule has 0 radical (unpaired) electrons. The normalized spacial score (nSPS) is 14.9. The van der Waals surface area contributed by atoms with Gasteiger partial charge in [-0.3, -0.25) is 0 Å². The molecule has 96 valence electrons. The number of hydrogen-bond acceptors (Lipinski definition) is 1. The maximum absolute atomic E-state index is 3.40. The zero-order valence-electron chi connectivity index (χ0n) is 11.7. The first-order chi connectivity index (χ1) is 8.15. The van der Waals surface area contributed by atoms with Gasteiger partial charge < -0.3 is 5.32 Å². The molecule has 1 aromatic rings. The third-order valence-corrected chi connectivity index (χ3v) is 3.80. The highest BCUT2D eigenvalue weighted by molar-refractivity contribution is 5.14. The topological polar surface area (TPSA) is 12.0 Å². The van der Waals surface area contributed by atoms with E-state index in [-0.39, 0.29) is 0 Å². The molecule has 0 amide bonds. The van der Waals surface area contributed by atoms with Crippen LogP contribution in [0.25, 0.3) is 0 Å². The summed E-state index contributed by atoms with van der Waals surface area (Å²) in [5.74, 6) is 1.54. The lowest BCUT2D eigenvalue weighted by atomic mass is 9.84. The van der Waals surface area contributed by atoms with Crippen molar-refractivity contribution in [2.45, 2.75) is 46.1 Å². The molecule has 0 aliphatic heterocycles. The van der Waals surface area contributed by atoms with Gasteiger partial charge in [-0.05, 0) is 50.6 Å². The predicted molar refractivity (Wildman–Crippen MR) is 76.2 cm³/mol. The van der Waals surface area contributed by atoms with E-state index in [9.17, 15) is 0 Å². The highest BCUT2D eigenvalue weighted by Gasteiger charge is 2.18. The fourth-order valence-electron chi connectivity index (χ4n) is 2.56. The molecule has 1 rings (SSSR count). The zero-order chi connectivity index (χ0) is 12.7. The average molecular weight is 233 g/mol. The minimum atomic E-state index is 0.616. The first kappa shape index (κ1) is 14.2. The second-order valence-electron chi connectivity index (χ2n) is 5.36. The van der Waals surface area contributed by atoms with E-state index in [1.54, 1.807) is 0 Å². The number of nitrogens with one attached hydrogen (secondary N) is 1. The van der Waals surface area contributed by atoms with Gasteiger partial charge in [0.2, 0.25) is 0 Å². The molecule has 0 aliphatic rings. The van der Waals surface area contributed by atoms with Crippen molar-refractivity contribution in [3.8, 4) is 0 Å². The van der Waals surface area contributed by atoms with Crippen molar-refractivity contribution >= 4 is 0 Å². The van der Waals surface area contributed by atoms with Crippen LogP contribution in [0.15, 0.2) is 30.3 Å². The number of rotatable bonds is 7. The molecule has 0 saturated heterocycles. The van der Waals surface area contributed by atoms with Gasteiger partial charge in [0.05, 0.1) is 0 Å². The third-order valence-electron chi connectivity index (χ3n) is 3.80. The minimum absolute atomic E-state index is 0.616. The van der Waals surface area contributed by atoms with E-state index in [4.69, 9.17) is 0 Å². The highest BCUT2D eigenvalue weighted by Crippen LogP contribution is 2.22. The summed E-state index contributed by atoms with van der Waals surface area (Å²) < 4.78 is 0. The maximum atomic E-state index is 3.40. The molecule has 0 heterocycles. The molecule has 2 unspecified atom stereocenters. The standard InChI is InChI=1S/C16H27N/c1-13(2)16(14(3)17-4)12-8-11-15-9-6-5-7-10-15/h5-7,9-10,13-14,16-17H,8,11-12H2,1-4H3. The fourth-order valence-corrected chi connectivity index (χ4v) is 2.56. The van der Waals surface area contributed by atoms with Crippen molar-refractivity contribution in [2.24, 2.45) is 11.8 Å². The largest absolute Gasteiger partial charge is 0.317 e. The van der Waals surface area contributed by atoms with Crippen LogP contribution in [0.1, 0.15) is 39.2 Å². The molecule has 0 fully saturated rings. The summed E-state index contributed by atoms with van der Waals surface area (Å²) in [7, 11) is 2.07. The zero-order valence-corrected chi connectivity index (χ0v) is 11.7. The lowest BCUT2D eigenvalue weighted by molar-refractivity contribution is 0.278. The first-order valence-electron chi connectivity index (χ1n) is 6.86. The number of aryl methyl sites for hydroxylation is 1. The van der Waals surface area contributed by atoms with Crippen LogP contribution < -0.4 is 5.32 Å². The average Bonchev–Trinajstić information content (AvgIpc) is 2.34. The summed E-state index contributed by atoms with van der Waals surface area (Å²) in [5.41, 5.74) is 1.46. The molecule has 0 aliphatic carbocycles. The monoisotopic (exact) mass is 233 g/mol. The molecular weight excluding hydrogens is 206 g/mol. The summed E-state index contributed by atoms with van der Waals surface area (Å²) >= 11 is 0. The van der Waals surface area contributed by atoms with Crippen molar-refractivity contribution < 1.29 is 0 Å². The summed E-state index contributed by atoms with van der Waals surface area (Å²) in [6.07, 6.45) is 3.81. The van der Waals surface area contributed by atoms with Crippen LogP contribution in [0, 0.1) is 11.8 Å². The highest BCUT2D eigenvalue weighted by atomic mass is 14.9. The van der Waals surface area contributed by atoms with Gasteiger partial charge >= 0.3 is 0 Å². The Morgan fingerprint density at radius 3 is 2.24 bits per heavy atom. The van der Waals surface area contributed by atoms with E-state index >= 15 is 0 Å². The molecular formula is C16H27N. The lowest BCUT2D eigenvalue weighted by Gasteiger charge is -2.27. The van der Waals surface area contributed by atoms with Gasteiger partial charge in [0.15, 0.2) is 0 Å². The van der Waals surface area contributed by atoms with Gasteiger partial charge in [-0.25, -0.2) is 0 Å². The van der Waals surface area contributed by atoms with Crippen molar-refractivity contribution in [2.75, 3.05) is 7.05 Å². The van der Waals surface area contributed by atoms with Gasteiger partial charge in [0.1, 0.15) is 0 Å². The van der Waals surface area contributed by atoms with Gasteiger partial charge in [-0.1, -0.05) is 44.2 Å². The van der Waals surface area contributed by atoms with E-state index in [2.05, 4.69) is 63.5 Å². The third kappa shape index (κ3) is 4.91. The molecule has 1 nitrogen and oxygen atoms in total. The minimum Gasteiger partial charge on any atom is -0.317 e. The lowest BCUT2D eigenvalue weighted by Crippen LogP contribution is -2.33. The van der Waals surface area contributed by atoms with Crippen LogP contribution in [-0.2, 0) is 6.42 Å². The molecule has 17 heavy (non-hydrogen) atoms. The molecule has 1 heteroatoms. The second-order valence-corrected chi connectivity index (χ2v) is 5.36. The molecule has 1 N–H and O–H groups in total. The molecule has 0 aromatic heterocycles. The van der Waals surface area contributed by atoms with E-state index in [1.807, 2.05) is 0 Å². The Kier molecular flexibility index (Phi) is 6.28. The molecule has 0 bridgehead atoms. The van der Waals surface area contributed by atoms with Crippen LogP contribution in [0.4, 0.5) is 0 Å². The Balaban J connectivity index is 2.37. The van der Waals surface area contributed by atoms with Gasteiger partial charge in [-0.15, -0.1) is 0 Å². The van der Waals surface area contributed by atoms with Crippen molar-refractivity contribution in [3.63, 3.8) is 0 Å². The van der Waals surface area contributed by atoms with Crippen LogP contribution in [0.2, 0.25) is 0 Å². The number of benzene rings is 1. The van der Waals surface area contributed by atoms with E-state index in [0.29, 0.717) is 6.04 Å². The Bertz CT molecular complexity index is 292. The van der Waals surface area contributed by atoms with Gasteiger partial charge in [-0.2, -0.15) is 0 Å². The predicted octanol–water partition coefficient (Wildman–Crippen LogP) is 3.89. The Hall–Kier alpha value is -0.820. The van der Waals surface area contributed by atoms with E-state index in [0.717, 1.165) is 11.8 Å². The maximum Gasteiger partial charge on any atom is 0.00664 e.